The standard InChI is InChI=1S/C20H28N4O.HI/c1-4-21-20(23-13-19-24-14(2)15(3)25-19)22-12-17-10-7-9-16-8-5-6-11-18(16)17;/h5-6,8,11,17H,4,7,9-10,12-13H2,1-3H3,(H2,21,22,23);1H. The van der Waals surface area contributed by atoms with Gasteiger partial charge in [-0.05, 0) is 51.2 Å². The second-order valence-electron chi connectivity index (χ2n) is 6.61. The second-order valence-corrected chi connectivity index (χ2v) is 6.61. The first-order chi connectivity index (χ1) is 12.2. The van der Waals surface area contributed by atoms with Crippen LogP contribution >= 0.6 is 24.0 Å². The zero-order valence-electron chi connectivity index (χ0n) is 15.8. The molecule has 0 radical (unpaired) electrons. The lowest BCUT2D eigenvalue weighted by Gasteiger charge is -2.26. The molecule has 1 unspecified atom stereocenters. The van der Waals surface area contributed by atoms with Crippen LogP contribution in [0, 0.1) is 13.8 Å². The Morgan fingerprint density at radius 2 is 2.08 bits per heavy atom. The number of nitrogens with zero attached hydrogens (tertiary/aromatic N) is 2. The van der Waals surface area contributed by atoms with Crippen molar-refractivity contribution in [2.75, 3.05) is 13.1 Å². The lowest BCUT2D eigenvalue weighted by molar-refractivity contribution is 0.472. The summed E-state index contributed by atoms with van der Waals surface area (Å²) in [5, 5.41) is 6.80. The Bertz CT molecular complexity index is 722. The average molecular weight is 468 g/mol. The van der Waals surface area contributed by atoms with E-state index in [-0.39, 0.29) is 24.0 Å². The molecule has 3 rings (SSSR count). The summed E-state index contributed by atoms with van der Waals surface area (Å²) >= 11 is 0. The van der Waals surface area contributed by atoms with E-state index in [0.717, 1.165) is 30.5 Å². The second kappa shape index (κ2) is 9.94. The Morgan fingerprint density at radius 3 is 2.81 bits per heavy atom. The number of halogens is 1. The molecule has 1 atom stereocenters. The largest absolute Gasteiger partial charge is 0.444 e. The molecule has 1 aromatic carbocycles. The number of benzene rings is 1. The van der Waals surface area contributed by atoms with Crippen molar-refractivity contribution in [3.8, 4) is 0 Å². The van der Waals surface area contributed by atoms with E-state index in [1.807, 2.05) is 13.8 Å². The minimum absolute atomic E-state index is 0. The van der Waals surface area contributed by atoms with Gasteiger partial charge in [-0.25, -0.2) is 9.98 Å². The number of guanidine groups is 1. The van der Waals surface area contributed by atoms with Crippen molar-refractivity contribution >= 4 is 29.9 Å². The molecule has 2 N–H and O–H groups in total. The van der Waals surface area contributed by atoms with Gasteiger partial charge in [-0.1, -0.05) is 24.3 Å². The fourth-order valence-corrected chi connectivity index (χ4v) is 3.38. The first-order valence-electron chi connectivity index (χ1n) is 9.20. The van der Waals surface area contributed by atoms with Crippen LogP contribution in [0.5, 0.6) is 0 Å². The van der Waals surface area contributed by atoms with Gasteiger partial charge in [0.1, 0.15) is 12.3 Å². The molecule has 0 spiro atoms. The van der Waals surface area contributed by atoms with Crippen LogP contribution in [-0.2, 0) is 13.0 Å². The minimum Gasteiger partial charge on any atom is -0.444 e. The summed E-state index contributed by atoms with van der Waals surface area (Å²) in [6, 6.07) is 8.81. The normalized spacial score (nSPS) is 16.6. The Morgan fingerprint density at radius 1 is 1.27 bits per heavy atom. The first kappa shape index (κ1) is 20.7. The van der Waals surface area contributed by atoms with E-state index in [0.29, 0.717) is 18.4 Å². The highest BCUT2D eigenvalue weighted by Crippen LogP contribution is 2.30. The maximum atomic E-state index is 5.61. The molecule has 0 saturated heterocycles. The summed E-state index contributed by atoms with van der Waals surface area (Å²) in [6.07, 6.45) is 3.68. The number of hydrogen-bond donors (Lipinski definition) is 2. The van der Waals surface area contributed by atoms with Gasteiger partial charge in [0.2, 0.25) is 5.89 Å². The molecule has 0 saturated carbocycles. The van der Waals surface area contributed by atoms with Gasteiger partial charge in [0, 0.05) is 19.0 Å². The van der Waals surface area contributed by atoms with Crippen LogP contribution in [-0.4, -0.2) is 24.0 Å². The van der Waals surface area contributed by atoms with E-state index in [4.69, 9.17) is 4.42 Å². The topological polar surface area (TPSA) is 62.5 Å². The fourth-order valence-electron chi connectivity index (χ4n) is 3.38. The van der Waals surface area contributed by atoms with Crippen LogP contribution in [0.1, 0.15) is 54.2 Å². The van der Waals surface area contributed by atoms with Crippen LogP contribution in [0.25, 0.3) is 0 Å². The number of rotatable bonds is 5. The number of aryl methyl sites for hydroxylation is 3. The maximum absolute atomic E-state index is 5.61. The number of nitrogens with one attached hydrogen (secondary N) is 2. The molecule has 2 aromatic rings. The van der Waals surface area contributed by atoms with E-state index < -0.39 is 0 Å². The first-order valence-corrected chi connectivity index (χ1v) is 9.20. The molecule has 1 aliphatic carbocycles. The number of hydrogen-bond acceptors (Lipinski definition) is 3. The summed E-state index contributed by atoms with van der Waals surface area (Å²) in [5.74, 6) is 2.89. The molecule has 0 aliphatic heterocycles. The van der Waals surface area contributed by atoms with Crippen molar-refractivity contribution in [2.24, 2.45) is 4.99 Å². The van der Waals surface area contributed by atoms with Gasteiger partial charge in [-0.2, -0.15) is 0 Å². The average Bonchev–Trinajstić information content (AvgIpc) is 2.95. The molecule has 1 heterocycles. The van der Waals surface area contributed by atoms with Crippen molar-refractivity contribution in [2.45, 2.75) is 52.5 Å². The van der Waals surface area contributed by atoms with Crippen molar-refractivity contribution < 1.29 is 4.42 Å². The molecule has 142 valence electrons. The predicted molar refractivity (Wildman–Crippen MR) is 116 cm³/mol. The Kier molecular flexibility index (Phi) is 7.93. The summed E-state index contributed by atoms with van der Waals surface area (Å²) in [6.45, 7) is 8.14. The molecular weight excluding hydrogens is 439 g/mol. The van der Waals surface area contributed by atoms with E-state index in [1.54, 1.807) is 0 Å². The van der Waals surface area contributed by atoms with Crippen LogP contribution in [0.3, 0.4) is 0 Å². The van der Waals surface area contributed by atoms with Gasteiger partial charge in [0.05, 0.1) is 5.69 Å². The van der Waals surface area contributed by atoms with Crippen LogP contribution in [0.2, 0.25) is 0 Å². The molecule has 26 heavy (non-hydrogen) atoms. The van der Waals surface area contributed by atoms with Crippen LogP contribution < -0.4 is 10.6 Å². The SMILES string of the molecule is CCNC(=NCc1nc(C)c(C)o1)NCC1CCCc2ccccc21.I. The van der Waals surface area contributed by atoms with Crippen molar-refractivity contribution in [1.29, 1.82) is 0 Å². The highest BCUT2D eigenvalue weighted by atomic mass is 127. The van der Waals surface area contributed by atoms with Crippen molar-refractivity contribution in [3.05, 3.63) is 52.7 Å². The molecule has 0 bridgehead atoms. The molecule has 0 fully saturated rings. The van der Waals surface area contributed by atoms with Crippen molar-refractivity contribution in [1.82, 2.24) is 15.6 Å². The van der Waals surface area contributed by atoms with Gasteiger partial charge in [-0.15, -0.1) is 24.0 Å². The number of aromatic nitrogens is 1. The molecule has 1 aromatic heterocycles. The zero-order valence-corrected chi connectivity index (χ0v) is 18.2. The van der Waals surface area contributed by atoms with Gasteiger partial charge in [-0.3, -0.25) is 0 Å². The number of oxazole rings is 1. The van der Waals surface area contributed by atoms with E-state index in [2.05, 4.69) is 51.8 Å². The van der Waals surface area contributed by atoms with E-state index in [9.17, 15) is 0 Å². The monoisotopic (exact) mass is 468 g/mol. The third kappa shape index (κ3) is 5.22. The summed E-state index contributed by atoms with van der Waals surface area (Å²) in [5.41, 5.74) is 3.91. The summed E-state index contributed by atoms with van der Waals surface area (Å²) in [4.78, 5) is 9.01. The molecule has 1 aliphatic rings. The van der Waals surface area contributed by atoms with E-state index in [1.165, 1.54) is 30.4 Å². The third-order valence-electron chi connectivity index (χ3n) is 4.80. The van der Waals surface area contributed by atoms with Gasteiger partial charge < -0.3 is 15.1 Å². The van der Waals surface area contributed by atoms with Crippen LogP contribution in [0.4, 0.5) is 0 Å². The highest BCUT2D eigenvalue weighted by molar-refractivity contribution is 14.0. The third-order valence-corrected chi connectivity index (χ3v) is 4.80. The smallest absolute Gasteiger partial charge is 0.216 e. The van der Waals surface area contributed by atoms with Gasteiger partial charge in [0.15, 0.2) is 5.96 Å². The predicted octanol–water partition coefficient (Wildman–Crippen LogP) is 4.08. The highest BCUT2D eigenvalue weighted by Gasteiger charge is 2.19. The Hall–Kier alpha value is -1.57. The maximum Gasteiger partial charge on any atom is 0.216 e. The van der Waals surface area contributed by atoms with E-state index >= 15 is 0 Å². The van der Waals surface area contributed by atoms with Gasteiger partial charge in [0.25, 0.3) is 0 Å². The number of aliphatic imine (C=N–C) groups is 1. The molecule has 6 heteroatoms. The molecular formula is C20H29IN4O. The van der Waals surface area contributed by atoms with Crippen molar-refractivity contribution in [3.63, 3.8) is 0 Å². The summed E-state index contributed by atoms with van der Waals surface area (Å²) < 4.78 is 5.61. The quantitative estimate of drug-likeness (QED) is 0.395. The minimum atomic E-state index is 0. The summed E-state index contributed by atoms with van der Waals surface area (Å²) in [7, 11) is 0. The van der Waals surface area contributed by atoms with Gasteiger partial charge >= 0.3 is 0 Å². The number of fused-ring (bicyclic) bond motifs is 1. The zero-order chi connectivity index (χ0) is 17.6. The lowest BCUT2D eigenvalue weighted by atomic mass is 9.83. The Labute approximate surface area is 173 Å². The lowest BCUT2D eigenvalue weighted by Crippen LogP contribution is -2.39. The molecule has 5 nitrogen and oxygen atoms in total. The Balaban J connectivity index is 0.00000243. The fraction of sp³-hybridized carbons (Fsp3) is 0.500. The van der Waals surface area contributed by atoms with Crippen LogP contribution in [0.15, 0.2) is 33.7 Å². The molecule has 0 amide bonds.